The second-order valence-electron chi connectivity index (χ2n) is 4.61. The smallest absolute Gasteiger partial charge is 0.0320 e. The molecule has 2 rings (SSSR count). The Balaban J connectivity index is 2.43. The zero-order chi connectivity index (χ0) is 10.8. The molecule has 0 fully saturated rings. The van der Waals surface area contributed by atoms with Gasteiger partial charge < -0.3 is 5.32 Å². The summed E-state index contributed by atoms with van der Waals surface area (Å²) in [4.78, 5) is 0. The Hall–Kier alpha value is -0.820. The first-order valence-corrected chi connectivity index (χ1v) is 6.10. The van der Waals surface area contributed by atoms with Crippen molar-refractivity contribution in [1.29, 1.82) is 0 Å². The molecular formula is C14H21N. The van der Waals surface area contributed by atoms with Crippen molar-refractivity contribution in [2.45, 2.75) is 45.6 Å². The zero-order valence-corrected chi connectivity index (χ0v) is 10.0. The molecule has 0 saturated carbocycles. The van der Waals surface area contributed by atoms with Crippen molar-refractivity contribution >= 4 is 0 Å². The van der Waals surface area contributed by atoms with E-state index in [1.165, 1.54) is 24.0 Å². The van der Waals surface area contributed by atoms with E-state index in [2.05, 4.69) is 44.3 Å². The minimum Gasteiger partial charge on any atom is -0.309 e. The lowest BCUT2D eigenvalue weighted by Crippen LogP contribution is -2.32. The first-order chi connectivity index (χ1) is 7.26. The lowest BCUT2D eigenvalue weighted by molar-refractivity contribution is 0.438. The molecule has 0 amide bonds. The summed E-state index contributed by atoms with van der Waals surface area (Å²) in [5.41, 5.74) is 4.50. The Labute approximate surface area is 92.9 Å². The van der Waals surface area contributed by atoms with Gasteiger partial charge in [0.1, 0.15) is 0 Å². The number of benzene rings is 1. The molecule has 1 heteroatoms. The maximum atomic E-state index is 3.65. The summed E-state index contributed by atoms with van der Waals surface area (Å²) >= 11 is 0. The standard InChI is InChI=1S/C14H21N/c1-4-11-9-15-14(5-2)13-8-10(3)6-7-12(11)13/h6-8,11,14-15H,4-5,9H2,1-3H3. The van der Waals surface area contributed by atoms with Crippen LogP contribution in [0, 0.1) is 6.92 Å². The van der Waals surface area contributed by atoms with Crippen molar-refractivity contribution in [3.63, 3.8) is 0 Å². The van der Waals surface area contributed by atoms with Crippen LogP contribution < -0.4 is 5.32 Å². The summed E-state index contributed by atoms with van der Waals surface area (Å²) in [6.45, 7) is 7.87. The molecule has 0 spiro atoms. The number of hydrogen-bond donors (Lipinski definition) is 1. The highest BCUT2D eigenvalue weighted by Gasteiger charge is 2.24. The Morgan fingerprint density at radius 1 is 1.20 bits per heavy atom. The summed E-state index contributed by atoms with van der Waals surface area (Å²) in [6.07, 6.45) is 2.42. The first kappa shape index (κ1) is 10.7. The highest BCUT2D eigenvalue weighted by molar-refractivity contribution is 5.38. The largest absolute Gasteiger partial charge is 0.309 e. The van der Waals surface area contributed by atoms with E-state index in [0.717, 1.165) is 6.54 Å². The lowest BCUT2D eigenvalue weighted by Gasteiger charge is -2.32. The van der Waals surface area contributed by atoms with Crippen LogP contribution in [0.5, 0.6) is 0 Å². The Bertz CT molecular complexity index is 343. The zero-order valence-electron chi connectivity index (χ0n) is 10.0. The summed E-state index contributed by atoms with van der Waals surface area (Å²) in [7, 11) is 0. The molecule has 1 N–H and O–H groups in total. The molecule has 0 radical (unpaired) electrons. The molecule has 0 aromatic heterocycles. The molecule has 0 bridgehead atoms. The van der Waals surface area contributed by atoms with Crippen molar-refractivity contribution in [2.75, 3.05) is 6.54 Å². The third kappa shape index (κ3) is 1.93. The average Bonchev–Trinajstić information content (AvgIpc) is 2.27. The number of fused-ring (bicyclic) bond motifs is 1. The highest BCUT2D eigenvalue weighted by atomic mass is 14.9. The van der Waals surface area contributed by atoms with Crippen LogP contribution in [-0.2, 0) is 0 Å². The molecule has 2 unspecified atom stereocenters. The summed E-state index contributed by atoms with van der Waals surface area (Å²) < 4.78 is 0. The second-order valence-corrected chi connectivity index (χ2v) is 4.61. The van der Waals surface area contributed by atoms with Crippen LogP contribution in [0.4, 0.5) is 0 Å². The quantitative estimate of drug-likeness (QED) is 0.775. The minimum atomic E-state index is 0.572. The third-order valence-corrected chi connectivity index (χ3v) is 3.57. The van der Waals surface area contributed by atoms with Crippen molar-refractivity contribution in [2.24, 2.45) is 0 Å². The predicted octanol–water partition coefficient (Wildman–Crippen LogP) is 3.54. The molecule has 0 aliphatic carbocycles. The molecule has 0 saturated heterocycles. The fraction of sp³-hybridized carbons (Fsp3) is 0.571. The number of aryl methyl sites for hydroxylation is 1. The Morgan fingerprint density at radius 2 is 2.00 bits per heavy atom. The van der Waals surface area contributed by atoms with Gasteiger partial charge in [0, 0.05) is 12.6 Å². The van der Waals surface area contributed by atoms with Crippen LogP contribution in [0.1, 0.15) is 55.3 Å². The topological polar surface area (TPSA) is 12.0 Å². The van der Waals surface area contributed by atoms with Gasteiger partial charge in [-0.1, -0.05) is 37.6 Å². The van der Waals surface area contributed by atoms with Gasteiger partial charge in [-0.2, -0.15) is 0 Å². The van der Waals surface area contributed by atoms with E-state index < -0.39 is 0 Å². The molecule has 1 aliphatic heterocycles. The molecule has 15 heavy (non-hydrogen) atoms. The fourth-order valence-electron chi connectivity index (χ4n) is 2.60. The summed E-state index contributed by atoms with van der Waals surface area (Å²) in [6, 6.07) is 7.52. The first-order valence-electron chi connectivity index (χ1n) is 6.10. The number of rotatable bonds is 2. The van der Waals surface area contributed by atoms with Gasteiger partial charge in [-0.15, -0.1) is 0 Å². The van der Waals surface area contributed by atoms with E-state index in [-0.39, 0.29) is 0 Å². The van der Waals surface area contributed by atoms with E-state index >= 15 is 0 Å². The van der Waals surface area contributed by atoms with Crippen LogP contribution in [-0.4, -0.2) is 6.54 Å². The van der Waals surface area contributed by atoms with E-state index in [1.54, 1.807) is 5.56 Å². The van der Waals surface area contributed by atoms with Gasteiger partial charge in [0.05, 0.1) is 0 Å². The lowest BCUT2D eigenvalue weighted by atomic mass is 9.83. The molecule has 2 atom stereocenters. The summed E-state index contributed by atoms with van der Waals surface area (Å²) in [5.74, 6) is 0.711. The monoisotopic (exact) mass is 203 g/mol. The van der Waals surface area contributed by atoms with Crippen LogP contribution in [0.2, 0.25) is 0 Å². The molecule has 1 aromatic carbocycles. The minimum absolute atomic E-state index is 0.572. The van der Waals surface area contributed by atoms with Gasteiger partial charge in [-0.3, -0.25) is 0 Å². The molecular weight excluding hydrogens is 182 g/mol. The number of nitrogens with one attached hydrogen (secondary N) is 1. The molecule has 82 valence electrons. The normalized spacial score (nSPS) is 25.0. The van der Waals surface area contributed by atoms with Gasteiger partial charge in [0.15, 0.2) is 0 Å². The predicted molar refractivity (Wildman–Crippen MR) is 65.2 cm³/mol. The van der Waals surface area contributed by atoms with E-state index in [1.807, 2.05) is 0 Å². The van der Waals surface area contributed by atoms with E-state index in [9.17, 15) is 0 Å². The fourth-order valence-corrected chi connectivity index (χ4v) is 2.60. The average molecular weight is 203 g/mol. The molecule has 1 aromatic rings. The maximum absolute atomic E-state index is 3.65. The van der Waals surface area contributed by atoms with Crippen LogP contribution >= 0.6 is 0 Å². The van der Waals surface area contributed by atoms with Crippen molar-refractivity contribution in [1.82, 2.24) is 5.32 Å². The van der Waals surface area contributed by atoms with Gasteiger partial charge in [-0.25, -0.2) is 0 Å². The molecule has 1 nitrogen and oxygen atoms in total. The summed E-state index contributed by atoms with van der Waals surface area (Å²) in [5, 5.41) is 3.65. The third-order valence-electron chi connectivity index (χ3n) is 3.57. The van der Waals surface area contributed by atoms with Crippen molar-refractivity contribution < 1.29 is 0 Å². The van der Waals surface area contributed by atoms with E-state index in [0.29, 0.717) is 12.0 Å². The SMILES string of the molecule is CCC1CNC(CC)c2cc(C)ccc21. The second kappa shape index (κ2) is 4.36. The van der Waals surface area contributed by atoms with Crippen molar-refractivity contribution in [3.05, 3.63) is 34.9 Å². The molecule has 1 aliphatic rings. The van der Waals surface area contributed by atoms with Crippen LogP contribution in [0.3, 0.4) is 0 Å². The van der Waals surface area contributed by atoms with Gasteiger partial charge >= 0.3 is 0 Å². The van der Waals surface area contributed by atoms with Gasteiger partial charge in [0.2, 0.25) is 0 Å². The van der Waals surface area contributed by atoms with Crippen LogP contribution in [0.25, 0.3) is 0 Å². The van der Waals surface area contributed by atoms with Gasteiger partial charge in [0.25, 0.3) is 0 Å². The highest BCUT2D eigenvalue weighted by Crippen LogP contribution is 2.33. The Kier molecular flexibility index (Phi) is 3.11. The van der Waals surface area contributed by atoms with E-state index in [4.69, 9.17) is 0 Å². The Morgan fingerprint density at radius 3 is 2.67 bits per heavy atom. The number of hydrogen-bond acceptors (Lipinski definition) is 1. The maximum Gasteiger partial charge on any atom is 0.0320 e. The molecule has 1 heterocycles. The van der Waals surface area contributed by atoms with Gasteiger partial charge in [-0.05, 0) is 36.8 Å². The van der Waals surface area contributed by atoms with Crippen molar-refractivity contribution in [3.8, 4) is 0 Å². The van der Waals surface area contributed by atoms with Crippen LogP contribution in [0.15, 0.2) is 18.2 Å².